The molecule has 1 aromatic carbocycles. The van der Waals surface area contributed by atoms with Crippen molar-refractivity contribution in [3.05, 3.63) is 61.2 Å². The van der Waals surface area contributed by atoms with Gasteiger partial charge < -0.3 is 29.3 Å². The lowest BCUT2D eigenvalue weighted by atomic mass is 9.70. The molecule has 3 heterocycles. The van der Waals surface area contributed by atoms with Crippen molar-refractivity contribution >= 4 is 23.7 Å². The first kappa shape index (κ1) is 37.3. The van der Waals surface area contributed by atoms with E-state index >= 15 is 0 Å². The quantitative estimate of drug-likeness (QED) is 0.190. The molecular formula is C38H55N3O7. The van der Waals surface area contributed by atoms with Crippen LogP contribution in [0.2, 0.25) is 0 Å². The third-order valence-corrected chi connectivity index (χ3v) is 10.8. The summed E-state index contributed by atoms with van der Waals surface area (Å²) in [6, 6.07) is 6.99. The monoisotopic (exact) mass is 665 g/mol. The fraction of sp³-hybridized carbons (Fsp3) is 0.632. The number of allylic oxidation sites excluding steroid dienone is 1. The third kappa shape index (κ3) is 6.83. The Morgan fingerprint density at radius 2 is 1.83 bits per heavy atom. The summed E-state index contributed by atoms with van der Waals surface area (Å²) in [4.78, 5) is 61.6. The zero-order chi connectivity index (χ0) is 35.3. The van der Waals surface area contributed by atoms with Crippen LogP contribution < -0.4 is 0 Å². The Hall–Kier alpha value is -3.50. The highest BCUT2D eigenvalue weighted by molar-refractivity contribution is 5.98. The van der Waals surface area contributed by atoms with Crippen LogP contribution in [0.4, 0.5) is 0 Å². The molecule has 264 valence electrons. The van der Waals surface area contributed by atoms with Gasteiger partial charge in [-0.1, -0.05) is 69.7 Å². The van der Waals surface area contributed by atoms with Crippen molar-refractivity contribution in [1.82, 2.24) is 14.7 Å². The van der Waals surface area contributed by atoms with E-state index in [1.54, 1.807) is 29.0 Å². The number of likely N-dealkylation sites (N-methyl/N-ethyl adjacent to an activating group) is 1. The maximum atomic E-state index is 14.7. The van der Waals surface area contributed by atoms with Crippen molar-refractivity contribution in [3.8, 4) is 0 Å². The Balaban J connectivity index is 1.73. The van der Waals surface area contributed by atoms with E-state index in [2.05, 4.69) is 20.1 Å². The van der Waals surface area contributed by atoms with Gasteiger partial charge in [-0.15, -0.1) is 13.2 Å². The average molecular weight is 666 g/mol. The molecule has 0 radical (unpaired) electrons. The van der Waals surface area contributed by atoms with Gasteiger partial charge in [-0.05, 0) is 51.0 Å². The lowest BCUT2D eigenvalue weighted by molar-refractivity contribution is -0.165. The number of esters is 1. The van der Waals surface area contributed by atoms with Crippen LogP contribution in [0.1, 0.15) is 84.8 Å². The van der Waals surface area contributed by atoms with Gasteiger partial charge in [0.15, 0.2) is 0 Å². The number of aliphatic hydroxyl groups excluding tert-OH is 1. The molecular weight excluding hydrogens is 610 g/mol. The summed E-state index contributed by atoms with van der Waals surface area (Å²) in [5.74, 6) is -3.37. The minimum atomic E-state index is -1.23. The number of aliphatic hydroxyl groups is 1. The molecule has 2 bridgehead atoms. The van der Waals surface area contributed by atoms with E-state index < -0.39 is 53.7 Å². The van der Waals surface area contributed by atoms with Gasteiger partial charge >= 0.3 is 5.97 Å². The SMILES string of the molecule is C=CCCC(=O)N(C)[C@@H](C)[C@@H](OC(=O)[C@@H]1[C@H]2C(=O)N([C@@H](CO)C(C)C)[C@H](C(=O)N(CC=C)C(C)CCC)[C@]23CC[C@H]1O3)c1ccccc1. The Morgan fingerprint density at radius 3 is 2.42 bits per heavy atom. The number of ether oxygens (including phenoxy) is 2. The summed E-state index contributed by atoms with van der Waals surface area (Å²) in [6.07, 6.45) is 5.34. The van der Waals surface area contributed by atoms with Crippen LogP contribution in [0.5, 0.6) is 0 Å². The van der Waals surface area contributed by atoms with Gasteiger partial charge in [-0.25, -0.2) is 0 Å². The number of hydrogen-bond donors (Lipinski definition) is 1. The number of hydrogen-bond acceptors (Lipinski definition) is 7. The van der Waals surface area contributed by atoms with Crippen molar-refractivity contribution in [2.45, 2.75) is 115 Å². The second-order valence-electron chi connectivity index (χ2n) is 14.1. The Labute approximate surface area is 286 Å². The van der Waals surface area contributed by atoms with Gasteiger partial charge in [-0.2, -0.15) is 0 Å². The highest BCUT2D eigenvalue weighted by atomic mass is 16.6. The molecule has 10 nitrogen and oxygen atoms in total. The first-order valence-electron chi connectivity index (χ1n) is 17.5. The number of nitrogens with zero attached hydrogens (tertiary/aromatic N) is 3. The molecule has 3 fully saturated rings. The molecule has 3 saturated heterocycles. The van der Waals surface area contributed by atoms with Crippen molar-refractivity contribution in [2.75, 3.05) is 20.2 Å². The lowest BCUT2D eigenvalue weighted by Crippen LogP contribution is -2.60. The number of rotatable bonds is 17. The lowest BCUT2D eigenvalue weighted by Gasteiger charge is -2.41. The van der Waals surface area contributed by atoms with E-state index in [0.717, 1.165) is 18.4 Å². The Kier molecular flexibility index (Phi) is 12.3. The molecule has 0 aromatic heterocycles. The van der Waals surface area contributed by atoms with Crippen LogP contribution in [0.3, 0.4) is 0 Å². The van der Waals surface area contributed by atoms with Gasteiger partial charge in [0, 0.05) is 26.1 Å². The van der Waals surface area contributed by atoms with Crippen LogP contribution in [-0.4, -0.2) is 99.6 Å². The van der Waals surface area contributed by atoms with Crippen molar-refractivity contribution in [2.24, 2.45) is 17.8 Å². The minimum Gasteiger partial charge on any atom is -0.455 e. The van der Waals surface area contributed by atoms with Gasteiger partial charge in [0.2, 0.25) is 17.7 Å². The molecule has 3 amide bonds. The predicted octanol–water partition coefficient (Wildman–Crippen LogP) is 4.68. The van der Waals surface area contributed by atoms with Gasteiger partial charge in [0.05, 0.1) is 36.6 Å². The molecule has 1 unspecified atom stereocenters. The largest absolute Gasteiger partial charge is 0.455 e. The second kappa shape index (κ2) is 15.8. The molecule has 1 N–H and O–H groups in total. The van der Waals surface area contributed by atoms with E-state index in [0.29, 0.717) is 25.8 Å². The van der Waals surface area contributed by atoms with Gasteiger partial charge in [0.25, 0.3) is 0 Å². The molecule has 48 heavy (non-hydrogen) atoms. The van der Waals surface area contributed by atoms with Crippen LogP contribution in [0.25, 0.3) is 0 Å². The van der Waals surface area contributed by atoms with Gasteiger partial charge in [0.1, 0.15) is 17.7 Å². The highest BCUT2D eigenvalue weighted by Gasteiger charge is 2.76. The Bertz CT molecular complexity index is 1330. The van der Waals surface area contributed by atoms with Crippen LogP contribution in [0, 0.1) is 17.8 Å². The maximum absolute atomic E-state index is 14.7. The molecule has 9 atom stereocenters. The fourth-order valence-electron chi connectivity index (χ4n) is 8.10. The zero-order valence-electron chi connectivity index (χ0n) is 29.5. The maximum Gasteiger partial charge on any atom is 0.313 e. The van der Waals surface area contributed by atoms with Crippen molar-refractivity contribution in [1.29, 1.82) is 0 Å². The zero-order valence-corrected chi connectivity index (χ0v) is 29.5. The molecule has 0 saturated carbocycles. The molecule has 3 aliphatic heterocycles. The van der Waals surface area contributed by atoms with E-state index in [1.807, 2.05) is 58.0 Å². The third-order valence-electron chi connectivity index (χ3n) is 10.8. The van der Waals surface area contributed by atoms with E-state index in [4.69, 9.17) is 9.47 Å². The number of amides is 3. The molecule has 0 aliphatic carbocycles. The van der Waals surface area contributed by atoms with Crippen LogP contribution in [-0.2, 0) is 28.7 Å². The second-order valence-corrected chi connectivity index (χ2v) is 14.1. The standard InChI is InChI=1S/C38H55N3O7/c1-9-12-19-30(43)39(8)26(7)33(27-17-14-13-15-18-27)47-37(46)31-29-20-21-38(48-29)32(31)35(44)41(28(23-42)24(4)5)34(38)36(45)40(22-11-3)25(6)16-10-2/h9,11,13-15,17-18,24-26,28-29,31-34,42H,1,3,10,12,16,19-23H2,2,4-8H3/t25?,26-,28-,29+,31-,32-,33+,34+,38-/m0/s1. The number of carbonyl (C=O) groups is 4. The number of likely N-dealkylation sites (tertiary alicyclic amines) is 1. The predicted molar refractivity (Wildman–Crippen MR) is 183 cm³/mol. The number of fused-ring (bicyclic) bond motifs is 1. The smallest absolute Gasteiger partial charge is 0.313 e. The summed E-state index contributed by atoms with van der Waals surface area (Å²) >= 11 is 0. The average Bonchev–Trinajstić information content (AvgIpc) is 3.72. The van der Waals surface area contributed by atoms with Crippen molar-refractivity contribution < 1.29 is 33.8 Å². The first-order valence-corrected chi connectivity index (χ1v) is 17.5. The van der Waals surface area contributed by atoms with Crippen LogP contribution in [0.15, 0.2) is 55.6 Å². The topological polar surface area (TPSA) is 117 Å². The molecule has 4 rings (SSSR count). The summed E-state index contributed by atoms with van der Waals surface area (Å²) in [6.45, 7) is 17.3. The van der Waals surface area contributed by atoms with E-state index in [1.165, 1.54) is 4.90 Å². The fourth-order valence-corrected chi connectivity index (χ4v) is 8.10. The highest BCUT2D eigenvalue weighted by Crippen LogP contribution is 2.59. The molecule has 3 aliphatic rings. The molecule has 10 heteroatoms. The summed E-state index contributed by atoms with van der Waals surface area (Å²) in [7, 11) is 1.69. The molecule has 1 aromatic rings. The summed E-state index contributed by atoms with van der Waals surface area (Å²) < 4.78 is 13.0. The number of carbonyl (C=O) groups excluding carboxylic acids is 4. The first-order chi connectivity index (χ1) is 22.9. The summed E-state index contributed by atoms with van der Waals surface area (Å²) in [5.41, 5.74) is -0.514. The normalized spacial score (nSPS) is 26.8. The van der Waals surface area contributed by atoms with Gasteiger partial charge in [-0.3, -0.25) is 19.2 Å². The van der Waals surface area contributed by atoms with Crippen molar-refractivity contribution in [3.63, 3.8) is 0 Å². The Morgan fingerprint density at radius 1 is 1.15 bits per heavy atom. The van der Waals surface area contributed by atoms with Crippen LogP contribution >= 0.6 is 0 Å². The summed E-state index contributed by atoms with van der Waals surface area (Å²) in [5, 5.41) is 10.6. The molecule has 1 spiro atoms. The van der Waals surface area contributed by atoms with E-state index in [9.17, 15) is 24.3 Å². The minimum absolute atomic E-state index is 0.102. The number of benzene rings is 1. The van der Waals surface area contributed by atoms with E-state index in [-0.39, 0.29) is 42.7 Å².